The number of carbonyl (C=O) groups is 1. The first-order valence-corrected chi connectivity index (χ1v) is 7.06. The van der Waals surface area contributed by atoms with Crippen LogP contribution in [0.5, 0.6) is 0 Å². The molecule has 1 aliphatic rings. The minimum Gasteiger partial charge on any atom is -0.351 e. The summed E-state index contributed by atoms with van der Waals surface area (Å²) in [5.41, 5.74) is 1.03. The van der Waals surface area contributed by atoms with Gasteiger partial charge in [0.1, 0.15) is 0 Å². The van der Waals surface area contributed by atoms with Crippen LogP contribution in [0.25, 0.3) is 0 Å². The third kappa shape index (κ3) is 6.09. The summed E-state index contributed by atoms with van der Waals surface area (Å²) in [7, 11) is 0. The molecule has 1 amide bonds. The highest BCUT2D eigenvalue weighted by Crippen LogP contribution is 2.10. The van der Waals surface area contributed by atoms with Crippen molar-refractivity contribution in [3.8, 4) is 0 Å². The lowest BCUT2D eigenvalue weighted by molar-refractivity contribution is -0.122. The zero-order valence-corrected chi connectivity index (χ0v) is 13.0. The Morgan fingerprint density at radius 1 is 1.35 bits per heavy atom. The molecule has 0 aromatic heterocycles. The van der Waals surface area contributed by atoms with Crippen molar-refractivity contribution in [1.29, 1.82) is 0 Å². The number of carbonyl (C=O) groups excluding carboxylic acids is 1. The summed E-state index contributed by atoms with van der Waals surface area (Å²) in [5.74, 6) is 0.0712. The Morgan fingerprint density at radius 3 is 3.00 bits per heavy atom. The first-order valence-electron chi connectivity index (χ1n) is 6.68. The quantitative estimate of drug-likeness (QED) is 0.888. The van der Waals surface area contributed by atoms with Crippen molar-refractivity contribution in [3.63, 3.8) is 0 Å². The van der Waals surface area contributed by atoms with Crippen LogP contribution in [0.3, 0.4) is 0 Å². The fourth-order valence-corrected chi connectivity index (χ4v) is 2.38. The van der Waals surface area contributed by atoms with Gasteiger partial charge in [-0.15, -0.1) is 12.4 Å². The Morgan fingerprint density at radius 2 is 2.20 bits per heavy atom. The largest absolute Gasteiger partial charge is 0.351 e. The normalized spacial score (nSPS) is 16.1. The van der Waals surface area contributed by atoms with Gasteiger partial charge in [-0.05, 0) is 37.2 Å². The summed E-state index contributed by atoms with van der Waals surface area (Å²) in [5, 5.41) is 6.96. The van der Waals surface area contributed by atoms with E-state index in [1.807, 2.05) is 24.3 Å². The number of rotatable bonds is 4. The van der Waals surface area contributed by atoms with E-state index in [9.17, 15) is 4.79 Å². The van der Waals surface area contributed by atoms with Gasteiger partial charge in [-0.1, -0.05) is 23.7 Å². The van der Waals surface area contributed by atoms with Crippen molar-refractivity contribution < 1.29 is 4.79 Å². The van der Waals surface area contributed by atoms with E-state index in [4.69, 9.17) is 11.6 Å². The summed E-state index contributed by atoms with van der Waals surface area (Å²) in [6, 6.07) is 7.56. The van der Waals surface area contributed by atoms with Crippen LogP contribution in [0, 0.1) is 0 Å². The minimum atomic E-state index is 0. The Bertz CT molecular complexity index is 421. The molecule has 0 radical (unpaired) electrons. The Hall–Kier alpha value is -0.810. The van der Waals surface area contributed by atoms with Crippen molar-refractivity contribution in [1.82, 2.24) is 15.5 Å². The molecule has 1 aromatic carbocycles. The Kier molecular flexibility index (Phi) is 7.92. The lowest BCUT2D eigenvalue weighted by Crippen LogP contribution is -2.38. The molecule has 112 valence electrons. The predicted octanol–water partition coefficient (Wildman–Crippen LogP) is 1.67. The molecule has 0 saturated carbocycles. The zero-order chi connectivity index (χ0) is 13.5. The highest BCUT2D eigenvalue weighted by Gasteiger charge is 2.12. The van der Waals surface area contributed by atoms with Crippen LogP contribution in [0.1, 0.15) is 12.0 Å². The number of hydrogen-bond donors (Lipinski definition) is 2. The molecule has 0 atom stereocenters. The number of halogens is 2. The fourth-order valence-electron chi connectivity index (χ4n) is 2.17. The maximum Gasteiger partial charge on any atom is 0.234 e. The van der Waals surface area contributed by atoms with E-state index in [1.54, 1.807) is 0 Å². The molecule has 1 saturated heterocycles. The van der Waals surface area contributed by atoms with E-state index in [2.05, 4.69) is 15.5 Å². The molecule has 2 N–H and O–H groups in total. The summed E-state index contributed by atoms with van der Waals surface area (Å²) in [4.78, 5) is 14.1. The van der Waals surface area contributed by atoms with Crippen LogP contribution >= 0.6 is 24.0 Å². The molecule has 0 bridgehead atoms. The average molecular weight is 318 g/mol. The fraction of sp³-hybridized carbons (Fsp3) is 0.500. The van der Waals surface area contributed by atoms with E-state index in [0.717, 1.165) is 38.2 Å². The summed E-state index contributed by atoms with van der Waals surface area (Å²) >= 11 is 5.91. The molecule has 0 spiro atoms. The van der Waals surface area contributed by atoms with E-state index < -0.39 is 0 Å². The van der Waals surface area contributed by atoms with Crippen molar-refractivity contribution >= 4 is 29.9 Å². The van der Waals surface area contributed by atoms with Gasteiger partial charge >= 0.3 is 0 Å². The molecule has 1 fully saturated rings. The predicted molar refractivity (Wildman–Crippen MR) is 84.5 cm³/mol. The third-order valence-electron chi connectivity index (χ3n) is 3.18. The number of nitrogens with zero attached hydrogens (tertiary/aromatic N) is 1. The van der Waals surface area contributed by atoms with Gasteiger partial charge in [0.05, 0.1) is 6.54 Å². The third-order valence-corrected chi connectivity index (χ3v) is 3.41. The van der Waals surface area contributed by atoms with Crippen molar-refractivity contribution in [2.45, 2.75) is 13.0 Å². The van der Waals surface area contributed by atoms with E-state index in [0.29, 0.717) is 18.1 Å². The second-order valence-electron chi connectivity index (χ2n) is 4.79. The Balaban J connectivity index is 0.00000200. The first kappa shape index (κ1) is 17.2. The monoisotopic (exact) mass is 317 g/mol. The smallest absolute Gasteiger partial charge is 0.234 e. The SMILES string of the molecule is Cl.O=C(CN1CCCNCC1)NCc1cccc(Cl)c1. The van der Waals surface area contributed by atoms with Gasteiger partial charge in [-0.25, -0.2) is 0 Å². The Labute approximate surface area is 131 Å². The number of nitrogens with one attached hydrogen (secondary N) is 2. The molecule has 1 heterocycles. The first-order chi connectivity index (χ1) is 9.24. The lowest BCUT2D eigenvalue weighted by Gasteiger charge is -2.18. The summed E-state index contributed by atoms with van der Waals surface area (Å²) in [6.07, 6.45) is 1.10. The van der Waals surface area contributed by atoms with Gasteiger partial charge in [0.15, 0.2) is 0 Å². The van der Waals surface area contributed by atoms with E-state index in [-0.39, 0.29) is 18.3 Å². The molecule has 4 nitrogen and oxygen atoms in total. The van der Waals surface area contributed by atoms with E-state index >= 15 is 0 Å². The van der Waals surface area contributed by atoms with Gasteiger partial charge in [0.25, 0.3) is 0 Å². The second-order valence-corrected chi connectivity index (χ2v) is 5.22. The molecule has 6 heteroatoms. The summed E-state index contributed by atoms with van der Waals surface area (Å²) < 4.78 is 0. The highest BCUT2D eigenvalue weighted by atomic mass is 35.5. The van der Waals surface area contributed by atoms with Crippen LogP contribution in [0.4, 0.5) is 0 Å². The van der Waals surface area contributed by atoms with Crippen molar-refractivity contribution in [2.75, 3.05) is 32.7 Å². The highest BCUT2D eigenvalue weighted by molar-refractivity contribution is 6.30. The molecule has 2 rings (SSSR count). The number of benzene rings is 1. The van der Waals surface area contributed by atoms with Crippen LogP contribution < -0.4 is 10.6 Å². The molecular weight excluding hydrogens is 297 g/mol. The van der Waals surface area contributed by atoms with Crippen molar-refractivity contribution in [2.24, 2.45) is 0 Å². The van der Waals surface area contributed by atoms with Gasteiger partial charge in [-0.3, -0.25) is 9.69 Å². The maximum atomic E-state index is 11.9. The van der Waals surface area contributed by atoms with Gasteiger partial charge in [-0.2, -0.15) is 0 Å². The van der Waals surface area contributed by atoms with Crippen LogP contribution in [0.2, 0.25) is 5.02 Å². The number of amides is 1. The maximum absolute atomic E-state index is 11.9. The zero-order valence-electron chi connectivity index (χ0n) is 11.4. The topological polar surface area (TPSA) is 44.4 Å². The van der Waals surface area contributed by atoms with Gasteiger partial charge < -0.3 is 10.6 Å². The molecule has 1 aliphatic heterocycles. The molecule has 0 aliphatic carbocycles. The van der Waals surface area contributed by atoms with Gasteiger partial charge in [0, 0.05) is 24.7 Å². The standard InChI is InChI=1S/C14H20ClN3O.ClH/c15-13-4-1-3-12(9-13)10-17-14(19)11-18-7-2-5-16-6-8-18;/h1,3-4,9,16H,2,5-8,10-11H2,(H,17,19);1H. The lowest BCUT2D eigenvalue weighted by atomic mass is 10.2. The second kappa shape index (κ2) is 9.19. The molecule has 20 heavy (non-hydrogen) atoms. The molecule has 1 aromatic rings. The number of hydrogen-bond acceptors (Lipinski definition) is 3. The summed E-state index contributed by atoms with van der Waals surface area (Å²) in [6.45, 7) is 4.93. The van der Waals surface area contributed by atoms with Crippen LogP contribution in [-0.2, 0) is 11.3 Å². The molecular formula is C14H21Cl2N3O. The van der Waals surface area contributed by atoms with Gasteiger partial charge in [0.2, 0.25) is 5.91 Å². The average Bonchev–Trinajstić information content (AvgIpc) is 2.65. The van der Waals surface area contributed by atoms with E-state index in [1.165, 1.54) is 0 Å². The minimum absolute atomic E-state index is 0. The van der Waals surface area contributed by atoms with Crippen LogP contribution in [0.15, 0.2) is 24.3 Å². The molecule has 0 unspecified atom stereocenters. The van der Waals surface area contributed by atoms with Crippen molar-refractivity contribution in [3.05, 3.63) is 34.9 Å². The van der Waals surface area contributed by atoms with Crippen LogP contribution in [-0.4, -0.2) is 43.5 Å².